The van der Waals surface area contributed by atoms with E-state index in [2.05, 4.69) is 10.3 Å². The lowest BCUT2D eigenvalue weighted by Gasteiger charge is -2.32. The zero-order valence-corrected chi connectivity index (χ0v) is 16.2. The highest BCUT2D eigenvalue weighted by Crippen LogP contribution is 2.20. The van der Waals surface area contributed by atoms with E-state index in [4.69, 9.17) is 0 Å². The largest absolute Gasteiger partial charge is 0.340 e. The number of hydrogen-bond acceptors (Lipinski definition) is 3. The second-order valence-corrected chi connectivity index (χ2v) is 7.37. The zero-order valence-electron chi connectivity index (χ0n) is 16.2. The Kier molecular flexibility index (Phi) is 5.25. The number of nitrogens with one attached hydrogen (secondary N) is 1. The molecule has 148 valence electrons. The molecule has 1 saturated heterocycles. The molecular weight excluding hydrogens is 369 g/mol. The molecule has 0 aliphatic carbocycles. The summed E-state index contributed by atoms with van der Waals surface area (Å²) in [4.78, 5) is 31.9. The zero-order chi connectivity index (χ0) is 20.4. The molecule has 2 amide bonds. The number of aromatic nitrogens is 1. The number of halogens is 1. The van der Waals surface area contributed by atoms with Gasteiger partial charge in [0.1, 0.15) is 11.9 Å². The fraction of sp³-hybridized carbons (Fsp3) is 0.261. The van der Waals surface area contributed by atoms with Gasteiger partial charge in [0.2, 0.25) is 5.91 Å². The van der Waals surface area contributed by atoms with Crippen LogP contribution in [0, 0.1) is 12.7 Å². The third-order valence-corrected chi connectivity index (χ3v) is 5.27. The molecule has 3 aromatic rings. The average Bonchev–Trinajstić information content (AvgIpc) is 2.71. The Labute approximate surface area is 168 Å². The average molecular weight is 391 g/mol. The molecule has 0 spiro atoms. The number of carbonyl (C=O) groups is 2. The normalized spacial score (nSPS) is 16.8. The lowest BCUT2D eigenvalue weighted by molar-refractivity contribution is -0.136. The number of nitrogens with zero attached hydrogens (tertiary/aromatic N) is 2. The van der Waals surface area contributed by atoms with Crippen LogP contribution in [0.25, 0.3) is 10.9 Å². The standard InChI is InChI=1S/C23H22FN3O2/c1-15-19(12-17-9-10-18(24)13-21(17)25-15)22(28)26-20-8-5-11-27(23(20)29)14-16-6-3-2-4-7-16/h2-4,6-7,9-10,12-13,20H,5,8,11,14H2,1H3,(H,26,28). The Bertz CT molecular complexity index is 1070. The number of aryl methyl sites for hydroxylation is 1. The van der Waals surface area contributed by atoms with Crippen molar-refractivity contribution in [2.24, 2.45) is 0 Å². The van der Waals surface area contributed by atoms with Crippen molar-refractivity contribution in [3.8, 4) is 0 Å². The van der Waals surface area contributed by atoms with E-state index in [1.165, 1.54) is 12.1 Å². The summed E-state index contributed by atoms with van der Waals surface area (Å²) < 4.78 is 13.4. The molecule has 0 bridgehead atoms. The third-order valence-electron chi connectivity index (χ3n) is 5.27. The first kappa shape index (κ1) is 19.1. The lowest BCUT2D eigenvalue weighted by Crippen LogP contribution is -2.52. The lowest BCUT2D eigenvalue weighted by atomic mass is 10.0. The Hall–Kier alpha value is -3.28. The van der Waals surface area contributed by atoms with Crippen LogP contribution < -0.4 is 5.32 Å². The van der Waals surface area contributed by atoms with Crippen LogP contribution in [0.5, 0.6) is 0 Å². The number of pyridine rings is 1. The van der Waals surface area contributed by atoms with Crippen LogP contribution >= 0.6 is 0 Å². The van der Waals surface area contributed by atoms with Gasteiger partial charge < -0.3 is 10.2 Å². The molecule has 1 atom stereocenters. The van der Waals surface area contributed by atoms with Gasteiger partial charge in [0.25, 0.3) is 5.91 Å². The summed E-state index contributed by atoms with van der Waals surface area (Å²) in [7, 11) is 0. The third kappa shape index (κ3) is 4.11. The van der Waals surface area contributed by atoms with Crippen molar-refractivity contribution in [2.75, 3.05) is 6.54 Å². The van der Waals surface area contributed by atoms with Crippen LogP contribution in [0.1, 0.15) is 34.5 Å². The van der Waals surface area contributed by atoms with Crippen LogP contribution in [0.3, 0.4) is 0 Å². The number of piperidine rings is 1. The summed E-state index contributed by atoms with van der Waals surface area (Å²) in [5, 5.41) is 3.56. The van der Waals surface area contributed by atoms with Gasteiger partial charge in [-0.1, -0.05) is 30.3 Å². The molecule has 1 fully saturated rings. The number of amides is 2. The molecule has 6 heteroatoms. The maximum atomic E-state index is 13.4. The van der Waals surface area contributed by atoms with E-state index in [9.17, 15) is 14.0 Å². The van der Waals surface area contributed by atoms with Crippen LogP contribution in [0.4, 0.5) is 4.39 Å². The van der Waals surface area contributed by atoms with Gasteiger partial charge in [-0.05, 0) is 43.5 Å². The Morgan fingerprint density at radius 2 is 2.00 bits per heavy atom. The Balaban J connectivity index is 1.50. The van der Waals surface area contributed by atoms with E-state index in [-0.39, 0.29) is 17.6 Å². The molecular formula is C23H22FN3O2. The smallest absolute Gasteiger partial charge is 0.253 e. The highest BCUT2D eigenvalue weighted by atomic mass is 19.1. The van der Waals surface area contributed by atoms with Crippen molar-refractivity contribution < 1.29 is 14.0 Å². The van der Waals surface area contributed by atoms with E-state index < -0.39 is 6.04 Å². The molecule has 1 unspecified atom stereocenters. The molecule has 2 aromatic carbocycles. The summed E-state index contributed by atoms with van der Waals surface area (Å²) in [6.45, 7) is 2.93. The first-order valence-electron chi connectivity index (χ1n) is 9.72. The van der Waals surface area contributed by atoms with E-state index in [0.29, 0.717) is 41.7 Å². The maximum absolute atomic E-state index is 13.4. The number of rotatable bonds is 4. The second kappa shape index (κ2) is 7.99. The van der Waals surface area contributed by atoms with Crippen LogP contribution in [-0.4, -0.2) is 34.3 Å². The van der Waals surface area contributed by atoms with E-state index >= 15 is 0 Å². The van der Waals surface area contributed by atoms with Crippen LogP contribution in [-0.2, 0) is 11.3 Å². The number of fused-ring (bicyclic) bond motifs is 1. The molecule has 1 aromatic heterocycles. The number of benzene rings is 2. The highest BCUT2D eigenvalue weighted by molar-refractivity contribution is 6.01. The van der Waals surface area contributed by atoms with Crippen molar-refractivity contribution in [3.05, 3.63) is 77.2 Å². The molecule has 2 heterocycles. The van der Waals surface area contributed by atoms with Crippen molar-refractivity contribution in [3.63, 3.8) is 0 Å². The minimum absolute atomic E-state index is 0.0677. The summed E-state index contributed by atoms with van der Waals surface area (Å²) >= 11 is 0. The Morgan fingerprint density at radius 1 is 1.21 bits per heavy atom. The topological polar surface area (TPSA) is 62.3 Å². The number of likely N-dealkylation sites (tertiary alicyclic amines) is 1. The predicted octanol–water partition coefficient (Wildman–Crippen LogP) is 3.60. The SMILES string of the molecule is Cc1nc2cc(F)ccc2cc1C(=O)NC1CCCN(Cc2ccccc2)C1=O. The summed E-state index contributed by atoms with van der Waals surface area (Å²) in [5.41, 5.74) is 2.47. The monoisotopic (exact) mass is 391 g/mol. The Morgan fingerprint density at radius 3 is 2.79 bits per heavy atom. The van der Waals surface area contributed by atoms with Crippen molar-refractivity contribution >= 4 is 22.7 Å². The molecule has 29 heavy (non-hydrogen) atoms. The van der Waals surface area contributed by atoms with Crippen LogP contribution in [0.15, 0.2) is 54.6 Å². The molecule has 1 aliphatic rings. The quantitative estimate of drug-likeness (QED) is 0.739. The number of carbonyl (C=O) groups excluding carboxylic acids is 2. The predicted molar refractivity (Wildman–Crippen MR) is 109 cm³/mol. The van der Waals surface area contributed by atoms with Gasteiger partial charge in [-0.3, -0.25) is 14.6 Å². The molecule has 1 N–H and O–H groups in total. The first-order chi connectivity index (χ1) is 14.0. The minimum atomic E-state index is -0.553. The van der Waals surface area contributed by atoms with E-state index in [0.717, 1.165) is 12.0 Å². The van der Waals surface area contributed by atoms with Gasteiger partial charge in [-0.2, -0.15) is 0 Å². The molecule has 4 rings (SSSR count). The fourth-order valence-corrected chi connectivity index (χ4v) is 3.74. The van der Waals surface area contributed by atoms with Crippen molar-refractivity contribution in [2.45, 2.75) is 32.4 Å². The molecule has 0 saturated carbocycles. The van der Waals surface area contributed by atoms with E-state index in [1.807, 2.05) is 30.3 Å². The summed E-state index contributed by atoms with van der Waals surface area (Å²) in [5.74, 6) is -0.768. The molecule has 1 aliphatic heterocycles. The van der Waals surface area contributed by atoms with Gasteiger partial charge in [0.05, 0.1) is 16.8 Å². The van der Waals surface area contributed by atoms with Gasteiger partial charge in [-0.15, -0.1) is 0 Å². The summed E-state index contributed by atoms with van der Waals surface area (Å²) in [6.07, 6.45) is 1.44. The van der Waals surface area contributed by atoms with Crippen molar-refractivity contribution in [1.82, 2.24) is 15.2 Å². The van der Waals surface area contributed by atoms with E-state index in [1.54, 1.807) is 24.0 Å². The minimum Gasteiger partial charge on any atom is -0.340 e. The van der Waals surface area contributed by atoms with Gasteiger partial charge in [-0.25, -0.2) is 4.39 Å². The second-order valence-electron chi connectivity index (χ2n) is 7.37. The maximum Gasteiger partial charge on any atom is 0.253 e. The van der Waals surface area contributed by atoms with Gasteiger partial charge in [0, 0.05) is 24.5 Å². The number of hydrogen-bond donors (Lipinski definition) is 1. The first-order valence-corrected chi connectivity index (χ1v) is 9.72. The fourth-order valence-electron chi connectivity index (χ4n) is 3.74. The van der Waals surface area contributed by atoms with Gasteiger partial charge in [0.15, 0.2) is 0 Å². The molecule has 5 nitrogen and oxygen atoms in total. The highest BCUT2D eigenvalue weighted by Gasteiger charge is 2.30. The van der Waals surface area contributed by atoms with Crippen molar-refractivity contribution in [1.29, 1.82) is 0 Å². The van der Waals surface area contributed by atoms with Gasteiger partial charge >= 0.3 is 0 Å². The molecule has 0 radical (unpaired) electrons. The van der Waals surface area contributed by atoms with Crippen LogP contribution in [0.2, 0.25) is 0 Å². The summed E-state index contributed by atoms with van der Waals surface area (Å²) in [6, 6.07) is 15.2.